The summed E-state index contributed by atoms with van der Waals surface area (Å²) in [6.07, 6.45) is 0. The topological polar surface area (TPSA) is 66.4 Å². The minimum atomic E-state index is -4.07. The van der Waals surface area contributed by atoms with Crippen molar-refractivity contribution in [3.05, 3.63) is 35.4 Å². The number of carboxylic acid groups (broad SMARTS) is 1. The van der Waals surface area contributed by atoms with Crippen LogP contribution in [0.2, 0.25) is 0 Å². The number of carboxylic acids is 1. The number of aliphatic carboxylic acids is 1. The van der Waals surface area contributed by atoms with Gasteiger partial charge in [0.2, 0.25) is 0 Å². The summed E-state index contributed by atoms with van der Waals surface area (Å²) in [6, 6.07) is 4.15. The minimum Gasteiger partial charge on any atom is -0.477 e. The van der Waals surface area contributed by atoms with E-state index in [-0.39, 0.29) is 5.56 Å². The van der Waals surface area contributed by atoms with Crippen LogP contribution in [0.25, 0.3) is 0 Å². The van der Waals surface area contributed by atoms with Crippen molar-refractivity contribution in [2.45, 2.75) is 44.4 Å². The number of hydrogen-bond acceptors (Lipinski definition) is 2. The molecule has 0 bridgehead atoms. The monoisotopic (exact) mass is 319 g/mol. The summed E-state index contributed by atoms with van der Waals surface area (Å²) in [7, 11) is -1.83. The molecule has 0 amide bonds. The van der Waals surface area contributed by atoms with Crippen molar-refractivity contribution in [2.24, 2.45) is 0 Å². The minimum absolute atomic E-state index is 0.0746. The SMILES string of the molecule is Cc1ccc([C@H](N[S@@](=O)C(C)(C)C)C(F)(F)C(=O)O)cc1. The number of halogens is 2. The van der Waals surface area contributed by atoms with Gasteiger partial charge in [-0.3, -0.25) is 0 Å². The van der Waals surface area contributed by atoms with E-state index in [1.54, 1.807) is 39.8 Å². The molecular weight excluding hydrogens is 300 g/mol. The van der Waals surface area contributed by atoms with E-state index in [9.17, 15) is 17.8 Å². The molecule has 0 fully saturated rings. The quantitative estimate of drug-likeness (QED) is 0.877. The first-order valence-electron chi connectivity index (χ1n) is 6.32. The van der Waals surface area contributed by atoms with E-state index in [1.807, 2.05) is 0 Å². The molecule has 2 N–H and O–H groups in total. The molecule has 0 saturated carbocycles. The highest BCUT2D eigenvalue weighted by Gasteiger charge is 2.49. The van der Waals surface area contributed by atoms with Crippen LogP contribution in [0.3, 0.4) is 0 Å². The fourth-order valence-corrected chi connectivity index (χ4v) is 2.37. The van der Waals surface area contributed by atoms with Gasteiger partial charge in [-0.15, -0.1) is 0 Å². The van der Waals surface area contributed by atoms with Gasteiger partial charge >= 0.3 is 11.9 Å². The first-order valence-corrected chi connectivity index (χ1v) is 7.47. The number of aryl methyl sites for hydroxylation is 1. The summed E-state index contributed by atoms with van der Waals surface area (Å²) in [5.41, 5.74) is 0.929. The molecule has 0 aliphatic heterocycles. The van der Waals surface area contributed by atoms with Gasteiger partial charge in [0.15, 0.2) is 0 Å². The lowest BCUT2D eigenvalue weighted by Gasteiger charge is -2.28. The van der Waals surface area contributed by atoms with Crippen LogP contribution in [-0.2, 0) is 15.8 Å². The predicted octanol–water partition coefficient (Wildman–Crippen LogP) is 2.81. The van der Waals surface area contributed by atoms with Crippen molar-refractivity contribution in [3.63, 3.8) is 0 Å². The summed E-state index contributed by atoms with van der Waals surface area (Å²) in [4.78, 5) is 10.8. The van der Waals surface area contributed by atoms with E-state index in [0.29, 0.717) is 0 Å². The van der Waals surface area contributed by atoms with E-state index in [0.717, 1.165) is 5.56 Å². The van der Waals surface area contributed by atoms with Gasteiger partial charge in [-0.25, -0.2) is 13.7 Å². The number of carbonyl (C=O) groups is 1. The fraction of sp³-hybridized carbons (Fsp3) is 0.500. The molecule has 0 aliphatic rings. The Balaban J connectivity index is 3.21. The first kappa shape index (κ1) is 17.7. The van der Waals surface area contributed by atoms with Crippen LogP contribution in [0.15, 0.2) is 24.3 Å². The Morgan fingerprint density at radius 3 is 2.10 bits per heavy atom. The molecule has 1 aromatic carbocycles. The summed E-state index contributed by atoms with van der Waals surface area (Å²) >= 11 is 0. The summed E-state index contributed by atoms with van der Waals surface area (Å²) < 4.78 is 41.4. The van der Waals surface area contributed by atoms with Crippen molar-refractivity contribution in [2.75, 3.05) is 0 Å². The molecule has 7 heteroatoms. The van der Waals surface area contributed by atoms with Crippen LogP contribution in [0.4, 0.5) is 8.78 Å². The number of alkyl halides is 2. The smallest absolute Gasteiger partial charge is 0.376 e. The Kier molecular flexibility index (Phi) is 5.22. The zero-order valence-corrected chi connectivity index (χ0v) is 13.1. The van der Waals surface area contributed by atoms with Crippen molar-refractivity contribution in [1.29, 1.82) is 0 Å². The number of benzene rings is 1. The van der Waals surface area contributed by atoms with Gasteiger partial charge < -0.3 is 5.11 Å². The Morgan fingerprint density at radius 2 is 1.71 bits per heavy atom. The van der Waals surface area contributed by atoms with Gasteiger partial charge in [0, 0.05) is 0 Å². The number of nitrogens with one attached hydrogen (secondary N) is 1. The lowest BCUT2D eigenvalue weighted by molar-refractivity contribution is -0.168. The van der Waals surface area contributed by atoms with Gasteiger partial charge in [0.05, 0.1) is 15.7 Å². The highest BCUT2D eigenvalue weighted by molar-refractivity contribution is 7.84. The van der Waals surface area contributed by atoms with E-state index in [4.69, 9.17) is 5.11 Å². The molecule has 4 nitrogen and oxygen atoms in total. The van der Waals surface area contributed by atoms with Crippen molar-refractivity contribution >= 4 is 17.0 Å². The van der Waals surface area contributed by atoms with Crippen LogP contribution in [-0.4, -0.2) is 26.0 Å². The van der Waals surface area contributed by atoms with Crippen LogP contribution >= 0.6 is 0 Å². The van der Waals surface area contributed by atoms with Crippen molar-refractivity contribution < 1.29 is 22.9 Å². The number of hydrogen-bond donors (Lipinski definition) is 2. The van der Waals surface area contributed by atoms with Crippen molar-refractivity contribution in [1.82, 2.24) is 4.72 Å². The fourth-order valence-electron chi connectivity index (χ4n) is 1.52. The second-order valence-corrected chi connectivity index (χ2v) is 7.77. The van der Waals surface area contributed by atoms with E-state index in [1.165, 1.54) is 12.1 Å². The summed E-state index contributed by atoms with van der Waals surface area (Å²) in [6.45, 7) is 6.62. The lowest BCUT2D eigenvalue weighted by Crippen LogP contribution is -2.47. The highest BCUT2D eigenvalue weighted by Crippen LogP contribution is 2.33. The van der Waals surface area contributed by atoms with Crippen LogP contribution in [0.5, 0.6) is 0 Å². The van der Waals surface area contributed by atoms with Crippen molar-refractivity contribution in [3.8, 4) is 0 Å². The standard InChI is InChI=1S/C14H19F2NO3S/c1-9-5-7-10(8-6-9)11(14(15,16)12(18)19)17-21(20)13(2,3)4/h5-8,11,17H,1-4H3,(H,18,19)/t11-,21-/m0/s1. The molecule has 0 radical (unpaired) electrons. The molecular formula is C14H19F2NO3S. The van der Waals surface area contributed by atoms with Gasteiger partial charge in [-0.05, 0) is 33.3 Å². The van der Waals surface area contributed by atoms with Crippen LogP contribution in [0, 0.1) is 6.92 Å². The maximum absolute atomic E-state index is 13.9. The molecule has 0 spiro atoms. The second kappa shape index (κ2) is 6.19. The maximum Gasteiger partial charge on any atom is 0.376 e. The number of rotatable bonds is 5. The molecule has 1 aromatic rings. The van der Waals surface area contributed by atoms with Crippen LogP contribution < -0.4 is 4.72 Å². The van der Waals surface area contributed by atoms with E-state index < -0.39 is 33.7 Å². The Hall–Kier alpha value is -1.34. The Morgan fingerprint density at radius 1 is 1.24 bits per heavy atom. The molecule has 0 unspecified atom stereocenters. The summed E-state index contributed by atoms with van der Waals surface area (Å²) in [5, 5.41) is 8.75. The molecule has 21 heavy (non-hydrogen) atoms. The second-order valence-electron chi connectivity index (χ2n) is 5.77. The molecule has 0 heterocycles. The molecule has 118 valence electrons. The van der Waals surface area contributed by atoms with E-state index in [2.05, 4.69) is 4.72 Å². The average Bonchev–Trinajstić information content (AvgIpc) is 2.35. The third-order valence-electron chi connectivity index (χ3n) is 2.84. The molecule has 0 aromatic heterocycles. The third kappa shape index (κ3) is 4.31. The predicted molar refractivity (Wildman–Crippen MR) is 77.5 cm³/mol. The Bertz CT molecular complexity index is 538. The molecule has 0 aliphatic carbocycles. The highest BCUT2D eigenvalue weighted by atomic mass is 32.2. The Labute approximate surface area is 125 Å². The van der Waals surface area contributed by atoms with Gasteiger partial charge in [0.1, 0.15) is 6.04 Å². The van der Waals surface area contributed by atoms with Crippen LogP contribution in [0.1, 0.15) is 37.9 Å². The molecule has 0 saturated heterocycles. The average molecular weight is 319 g/mol. The third-order valence-corrected chi connectivity index (χ3v) is 4.40. The first-order chi connectivity index (χ1) is 9.46. The zero-order valence-electron chi connectivity index (χ0n) is 12.3. The zero-order chi connectivity index (χ0) is 16.4. The van der Waals surface area contributed by atoms with Gasteiger partial charge in [0.25, 0.3) is 0 Å². The largest absolute Gasteiger partial charge is 0.477 e. The lowest BCUT2D eigenvalue weighted by atomic mass is 10.0. The molecule has 2 atom stereocenters. The van der Waals surface area contributed by atoms with E-state index >= 15 is 0 Å². The van der Waals surface area contributed by atoms with Gasteiger partial charge in [-0.1, -0.05) is 29.8 Å². The summed E-state index contributed by atoms with van der Waals surface area (Å²) in [5.74, 6) is -6.33. The molecule has 1 rings (SSSR count). The van der Waals surface area contributed by atoms with Gasteiger partial charge in [-0.2, -0.15) is 8.78 Å². The normalized spacial score (nSPS) is 15.5. The maximum atomic E-state index is 13.9.